The van der Waals surface area contributed by atoms with Crippen molar-refractivity contribution in [2.24, 2.45) is 0 Å². The predicted octanol–water partition coefficient (Wildman–Crippen LogP) is 1.24. The molecular formula is C14H24N2O3. The third kappa shape index (κ3) is 7.00. The van der Waals surface area contributed by atoms with Crippen LogP contribution >= 0.6 is 0 Å². The molecule has 0 unspecified atom stereocenters. The van der Waals surface area contributed by atoms with Gasteiger partial charge in [0.15, 0.2) is 0 Å². The van der Waals surface area contributed by atoms with Gasteiger partial charge in [-0.15, -0.1) is 0 Å². The first-order chi connectivity index (χ1) is 9.26. The molecule has 0 aromatic heterocycles. The van der Waals surface area contributed by atoms with Crippen LogP contribution < -0.4 is 10.5 Å². The summed E-state index contributed by atoms with van der Waals surface area (Å²) in [5, 5.41) is 0. The molecule has 0 spiro atoms. The Balaban J connectivity index is 2.27. The second-order valence-electron chi connectivity index (χ2n) is 4.24. The van der Waals surface area contributed by atoms with Crippen LogP contribution in [0.25, 0.3) is 0 Å². The number of hydrogen-bond donors (Lipinski definition) is 1. The van der Waals surface area contributed by atoms with E-state index in [1.54, 1.807) is 14.2 Å². The molecule has 1 aromatic carbocycles. The average molecular weight is 268 g/mol. The van der Waals surface area contributed by atoms with Crippen LogP contribution in [0.5, 0.6) is 5.75 Å². The molecule has 0 fully saturated rings. The first-order valence-corrected chi connectivity index (χ1v) is 6.45. The monoisotopic (exact) mass is 268 g/mol. The number of ether oxygens (including phenoxy) is 3. The summed E-state index contributed by atoms with van der Waals surface area (Å²) in [6.07, 6.45) is 0. The molecule has 0 saturated carbocycles. The number of methoxy groups -OCH3 is 2. The highest BCUT2D eigenvalue weighted by molar-refractivity contribution is 5.41. The Morgan fingerprint density at radius 1 is 0.895 bits per heavy atom. The van der Waals surface area contributed by atoms with E-state index in [4.69, 9.17) is 19.9 Å². The first-order valence-electron chi connectivity index (χ1n) is 6.45. The number of nitrogen functional groups attached to an aromatic ring is 1. The van der Waals surface area contributed by atoms with Gasteiger partial charge < -0.3 is 19.9 Å². The molecule has 1 aromatic rings. The smallest absolute Gasteiger partial charge is 0.119 e. The summed E-state index contributed by atoms with van der Waals surface area (Å²) in [4.78, 5) is 2.25. The highest BCUT2D eigenvalue weighted by Crippen LogP contribution is 2.12. The fraction of sp³-hybridized carbons (Fsp3) is 0.571. The van der Waals surface area contributed by atoms with Crippen LogP contribution in [0, 0.1) is 0 Å². The minimum absolute atomic E-state index is 0.636. The zero-order valence-corrected chi connectivity index (χ0v) is 11.8. The van der Waals surface area contributed by atoms with Gasteiger partial charge in [-0.05, 0) is 24.3 Å². The van der Waals surface area contributed by atoms with E-state index in [9.17, 15) is 0 Å². The van der Waals surface area contributed by atoms with Crippen molar-refractivity contribution in [2.75, 3.05) is 59.4 Å². The van der Waals surface area contributed by atoms with Crippen LogP contribution in [-0.4, -0.2) is 58.6 Å². The highest BCUT2D eigenvalue weighted by atomic mass is 16.5. The summed E-state index contributed by atoms with van der Waals surface area (Å²) in [5.74, 6) is 0.840. The molecule has 2 N–H and O–H groups in total. The fourth-order valence-corrected chi connectivity index (χ4v) is 1.63. The minimum atomic E-state index is 0.636. The Morgan fingerprint density at radius 3 is 1.95 bits per heavy atom. The quantitative estimate of drug-likeness (QED) is 0.647. The Labute approximate surface area is 115 Å². The van der Waals surface area contributed by atoms with Crippen molar-refractivity contribution in [1.29, 1.82) is 0 Å². The molecule has 0 aliphatic rings. The Morgan fingerprint density at radius 2 is 1.42 bits per heavy atom. The standard InChI is InChI=1S/C14H24N2O3/c1-17-10-7-16(8-11-18-2)9-12-19-14-5-3-13(15)4-6-14/h3-6H,7-12,15H2,1-2H3. The molecule has 0 bridgehead atoms. The largest absolute Gasteiger partial charge is 0.492 e. The Bertz CT molecular complexity index is 322. The van der Waals surface area contributed by atoms with Gasteiger partial charge in [0.05, 0.1) is 13.2 Å². The normalized spacial score (nSPS) is 10.9. The van der Waals surface area contributed by atoms with Gasteiger partial charge in [-0.1, -0.05) is 0 Å². The third-order valence-corrected chi connectivity index (χ3v) is 2.78. The lowest BCUT2D eigenvalue weighted by Gasteiger charge is -2.21. The lowest BCUT2D eigenvalue weighted by molar-refractivity contribution is 0.104. The van der Waals surface area contributed by atoms with Crippen LogP contribution in [0.4, 0.5) is 5.69 Å². The predicted molar refractivity (Wildman–Crippen MR) is 76.5 cm³/mol. The molecule has 0 radical (unpaired) electrons. The third-order valence-electron chi connectivity index (χ3n) is 2.78. The molecule has 108 valence electrons. The topological polar surface area (TPSA) is 57.0 Å². The molecule has 0 amide bonds. The molecule has 0 saturated heterocycles. The lowest BCUT2D eigenvalue weighted by atomic mass is 10.3. The van der Waals surface area contributed by atoms with Gasteiger partial charge in [-0.25, -0.2) is 0 Å². The van der Waals surface area contributed by atoms with Gasteiger partial charge in [0.2, 0.25) is 0 Å². The van der Waals surface area contributed by atoms with E-state index in [2.05, 4.69) is 4.90 Å². The molecule has 0 aliphatic carbocycles. The van der Waals surface area contributed by atoms with E-state index >= 15 is 0 Å². The molecule has 0 atom stereocenters. The summed E-state index contributed by atoms with van der Waals surface area (Å²) in [6, 6.07) is 7.43. The van der Waals surface area contributed by atoms with Crippen LogP contribution in [0.1, 0.15) is 0 Å². The van der Waals surface area contributed by atoms with Gasteiger partial charge in [0.1, 0.15) is 12.4 Å². The van der Waals surface area contributed by atoms with E-state index in [-0.39, 0.29) is 0 Å². The van der Waals surface area contributed by atoms with Crippen LogP contribution in [0.2, 0.25) is 0 Å². The zero-order valence-electron chi connectivity index (χ0n) is 11.8. The van der Waals surface area contributed by atoms with Crippen LogP contribution in [0.3, 0.4) is 0 Å². The highest BCUT2D eigenvalue weighted by Gasteiger charge is 2.04. The first kappa shape index (κ1) is 15.8. The molecule has 0 aliphatic heterocycles. The Kier molecular flexibility index (Phi) is 7.97. The summed E-state index contributed by atoms with van der Waals surface area (Å²) in [5.41, 5.74) is 6.37. The average Bonchev–Trinajstić information content (AvgIpc) is 2.43. The van der Waals surface area contributed by atoms with E-state index in [1.807, 2.05) is 24.3 Å². The summed E-state index contributed by atoms with van der Waals surface area (Å²) < 4.78 is 15.9. The minimum Gasteiger partial charge on any atom is -0.492 e. The second kappa shape index (κ2) is 9.61. The van der Waals surface area contributed by atoms with Crippen molar-refractivity contribution in [3.8, 4) is 5.75 Å². The maximum atomic E-state index is 5.67. The maximum absolute atomic E-state index is 5.67. The maximum Gasteiger partial charge on any atom is 0.119 e. The number of nitrogens with zero attached hydrogens (tertiary/aromatic N) is 1. The van der Waals surface area contributed by atoms with Gasteiger partial charge in [0, 0.05) is 39.5 Å². The zero-order chi connectivity index (χ0) is 13.9. The number of nitrogens with two attached hydrogens (primary N) is 1. The SMILES string of the molecule is COCCN(CCOC)CCOc1ccc(N)cc1. The molecular weight excluding hydrogens is 244 g/mol. The van der Waals surface area contributed by atoms with Crippen molar-refractivity contribution < 1.29 is 14.2 Å². The number of rotatable bonds is 10. The summed E-state index contributed by atoms with van der Waals surface area (Å²) >= 11 is 0. The molecule has 5 nitrogen and oxygen atoms in total. The number of hydrogen-bond acceptors (Lipinski definition) is 5. The van der Waals surface area contributed by atoms with Gasteiger partial charge >= 0.3 is 0 Å². The van der Waals surface area contributed by atoms with Crippen molar-refractivity contribution in [2.45, 2.75) is 0 Å². The van der Waals surface area contributed by atoms with Crippen molar-refractivity contribution >= 4 is 5.69 Å². The van der Waals surface area contributed by atoms with E-state index in [1.165, 1.54) is 0 Å². The molecule has 19 heavy (non-hydrogen) atoms. The van der Waals surface area contributed by atoms with E-state index in [0.29, 0.717) is 19.8 Å². The van der Waals surface area contributed by atoms with Crippen molar-refractivity contribution in [1.82, 2.24) is 4.90 Å². The van der Waals surface area contributed by atoms with Crippen LogP contribution in [-0.2, 0) is 9.47 Å². The number of anilines is 1. The van der Waals surface area contributed by atoms with Crippen LogP contribution in [0.15, 0.2) is 24.3 Å². The lowest BCUT2D eigenvalue weighted by Crippen LogP contribution is -2.34. The molecule has 0 heterocycles. The van der Waals surface area contributed by atoms with Crippen molar-refractivity contribution in [3.63, 3.8) is 0 Å². The van der Waals surface area contributed by atoms with Gasteiger partial charge in [-0.3, -0.25) is 4.90 Å². The second-order valence-corrected chi connectivity index (χ2v) is 4.24. The van der Waals surface area contributed by atoms with Gasteiger partial charge in [-0.2, -0.15) is 0 Å². The van der Waals surface area contributed by atoms with E-state index in [0.717, 1.165) is 31.1 Å². The molecule has 5 heteroatoms. The van der Waals surface area contributed by atoms with Crippen molar-refractivity contribution in [3.05, 3.63) is 24.3 Å². The number of benzene rings is 1. The summed E-state index contributed by atoms with van der Waals surface area (Å²) in [7, 11) is 3.42. The Hall–Kier alpha value is -1.30. The summed E-state index contributed by atoms with van der Waals surface area (Å²) in [6.45, 7) is 4.67. The van der Waals surface area contributed by atoms with E-state index < -0.39 is 0 Å². The van der Waals surface area contributed by atoms with Gasteiger partial charge in [0.25, 0.3) is 0 Å². The fourth-order valence-electron chi connectivity index (χ4n) is 1.63. The molecule has 1 rings (SSSR count).